The zero-order valence-corrected chi connectivity index (χ0v) is 12.8. The molecule has 9 heteroatoms. The molecule has 2 aliphatic heterocycles. The highest BCUT2D eigenvalue weighted by atomic mass is 32.2. The number of nitrogens with zero attached hydrogens (tertiary/aromatic N) is 1. The molecule has 1 fully saturated rings. The number of nitrogen functional groups attached to an aromatic ring is 1. The van der Waals surface area contributed by atoms with Crippen LogP contribution in [0.25, 0.3) is 0 Å². The molecule has 0 spiro atoms. The van der Waals surface area contributed by atoms with E-state index < -0.39 is 36.0 Å². The highest BCUT2D eigenvalue weighted by molar-refractivity contribution is 8.13. The van der Waals surface area contributed by atoms with Crippen LogP contribution < -0.4 is 11.5 Å². The van der Waals surface area contributed by atoms with Crippen LogP contribution in [0.2, 0.25) is 0 Å². The van der Waals surface area contributed by atoms with E-state index in [1.165, 1.54) is 18.2 Å². The lowest BCUT2D eigenvalue weighted by Crippen LogP contribution is -2.43. The molecule has 23 heavy (non-hydrogen) atoms. The molecule has 0 aromatic heterocycles. The zero-order chi connectivity index (χ0) is 16.8. The summed E-state index contributed by atoms with van der Waals surface area (Å²) in [6, 6.07) is 3.97. The van der Waals surface area contributed by atoms with Gasteiger partial charge in [0.1, 0.15) is 11.4 Å². The summed E-state index contributed by atoms with van der Waals surface area (Å²) in [6.07, 6.45) is -6.55. The van der Waals surface area contributed by atoms with E-state index in [9.17, 15) is 17.6 Å². The largest absolute Gasteiger partial charge is 0.399 e. The van der Waals surface area contributed by atoms with Gasteiger partial charge >= 0.3 is 6.18 Å². The van der Waals surface area contributed by atoms with E-state index in [0.29, 0.717) is 5.69 Å². The molecule has 1 saturated heterocycles. The summed E-state index contributed by atoms with van der Waals surface area (Å²) in [4.78, 5) is 4.30. The van der Waals surface area contributed by atoms with Gasteiger partial charge in [-0.25, -0.2) is 9.38 Å². The van der Waals surface area contributed by atoms with Crippen LogP contribution in [0.4, 0.5) is 23.2 Å². The van der Waals surface area contributed by atoms with Crippen LogP contribution >= 0.6 is 11.8 Å². The first-order valence-electron chi connectivity index (χ1n) is 6.93. The number of benzene rings is 1. The van der Waals surface area contributed by atoms with E-state index in [1.807, 2.05) is 0 Å². The molecule has 3 rings (SSSR count). The summed E-state index contributed by atoms with van der Waals surface area (Å²) in [6.45, 7) is -0.153. The normalized spacial score (nSPS) is 30.9. The van der Waals surface area contributed by atoms with Gasteiger partial charge in [0.25, 0.3) is 0 Å². The average molecular weight is 349 g/mol. The van der Waals surface area contributed by atoms with Crippen LogP contribution in [0.3, 0.4) is 0 Å². The minimum Gasteiger partial charge on any atom is -0.399 e. The molecule has 0 aliphatic carbocycles. The topological polar surface area (TPSA) is 73.6 Å². The number of alkyl halides is 3. The number of anilines is 1. The Kier molecular flexibility index (Phi) is 3.96. The molecule has 0 amide bonds. The summed E-state index contributed by atoms with van der Waals surface area (Å²) in [5, 5.41) is 0.208. The molecule has 2 aliphatic rings. The van der Waals surface area contributed by atoms with Gasteiger partial charge in [-0.05, 0) is 18.2 Å². The lowest BCUT2D eigenvalue weighted by Gasteiger charge is -2.36. The SMILES string of the molecule is NC1=N[C@@]2(c3cc(N)ccc3F)CO[C@H](CC(F)(F)F)[C@H]2CS1. The number of hydrogen-bond donors (Lipinski definition) is 2. The quantitative estimate of drug-likeness (QED) is 0.636. The van der Waals surface area contributed by atoms with E-state index in [-0.39, 0.29) is 23.1 Å². The molecule has 0 bridgehead atoms. The Morgan fingerprint density at radius 1 is 1.35 bits per heavy atom. The monoisotopic (exact) mass is 349 g/mol. The highest BCUT2D eigenvalue weighted by Crippen LogP contribution is 2.50. The fraction of sp³-hybridized carbons (Fsp3) is 0.500. The first-order chi connectivity index (χ1) is 10.7. The second-order valence-corrected chi connectivity index (χ2v) is 6.74. The number of halogens is 4. The summed E-state index contributed by atoms with van der Waals surface area (Å²) >= 11 is 1.15. The third-order valence-corrected chi connectivity index (χ3v) is 5.10. The standard InChI is InChI=1S/C14H15F4N3OS/c15-10-2-1-7(19)3-8(10)13-6-22-11(4-14(16,17)18)9(13)5-23-12(20)21-13/h1-3,9,11H,4-6,19H2,(H2,20,21)/t9-,11-,13-/m1/s1. The molecular formula is C14H15F4N3OS. The summed E-state index contributed by atoms with van der Waals surface area (Å²) in [5.41, 5.74) is 10.6. The molecule has 0 unspecified atom stereocenters. The lowest BCUT2D eigenvalue weighted by atomic mass is 9.78. The number of amidine groups is 1. The molecule has 3 atom stereocenters. The molecular weight excluding hydrogens is 334 g/mol. The number of thioether (sulfide) groups is 1. The Morgan fingerprint density at radius 2 is 2.09 bits per heavy atom. The zero-order valence-electron chi connectivity index (χ0n) is 11.9. The van der Waals surface area contributed by atoms with Gasteiger partial charge in [0, 0.05) is 22.9 Å². The van der Waals surface area contributed by atoms with Crippen molar-refractivity contribution in [3.05, 3.63) is 29.6 Å². The van der Waals surface area contributed by atoms with E-state index >= 15 is 0 Å². The highest BCUT2D eigenvalue weighted by Gasteiger charge is 2.56. The summed E-state index contributed by atoms with van der Waals surface area (Å²) in [5.74, 6) is -0.925. The van der Waals surface area contributed by atoms with Crippen molar-refractivity contribution in [2.75, 3.05) is 18.1 Å². The van der Waals surface area contributed by atoms with Gasteiger partial charge in [-0.1, -0.05) is 11.8 Å². The van der Waals surface area contributed by atoms with Gasteiger partial charge in [-0.3, -0.25) is 0 Å². The summed E-state index contributed by atoms with van der Waals surface area (Å²) < 4.78 is 58.0. The van der Waals surface area contributed by atoms with Gasteiger partial charge in [-0.15, -0.1) is 0 Å². The summed E-state index contributed by atoms with van der Waals surface area (Å²) in [7, 11) is 0. The van der Waals surface area contributed by atoms with Crippen LogP contribution in [0, 0.1) is 11.7 Å². The molecule has 4 nitrogen and oxygen atoms in total. The molecule has 126 valence electrons. The van der Waals surface area contributed by atoms with E-state index in [1.54, 1.807) is 0 Å². The number of aliphatic imine (C=N–C) groups is 1. The van der Waals surface area contributed by atoms with Crippen molar-refractivity contribution in [3.8, 4) is 0 Å². The number of nitrogens with two attached hydrogens (primary N) is 2. The predicted octanol–water partition coefficient (Wildman–Crippen LogP) is 2.63. The van der Waals surface area contributed by atoms with Crippen molar-refractivity contribution >= 4 is 22.6 Å². The van der Waals surface area contributed by atoms with Gasteiger partial charge in [0.05, 0.1) is 19.1 Å². The molecule has 0 saturated carbocycles. The maximum atomic E-state index is 14.3. The van der Waals surface area contributed by atoms with E-state index in [4.69, 9.17) is 16.2 Å². The molecule has 1 aromatic carbocycles. The Balaban J connectivity index is 2.06. The van der Waals surface area contributed by atoms with Crippen molar-refractivity contribution in [3.63, 3.8) is 0 Å². The smallest absolute Gasteiger partial charge is 0.391 e. The third kappa shape index (κ3) is 2.99. The van der Waals surface area contributed by atoms with Crippen molar-refractivity contribution in [1.82, 2.24) is 0 Å². The maximum absolute atomic E-state index is 14.3. The van der Waals surface area contributed by atoms with Gasteiger partial charge in [0.15, 0.2) is 5.17 Å². The minimum absolute atomic E-state index is 0.135. The van der Waals surface area contributed by atoms with Gasteiger partial charge < -0.3 is 16.2 Å². The van der Waals surface area contributed by atoms with E-state index in [0.717, 1.165) is 11.8 Å². The fourth-order valence-electron chi connectivity index (χ4n) is 3.17. The number of hydrogen-bond acceptors (Lipinski definition) is 5. The second kappa shape index (κ2) is 5.55. The molecule has 0 radical (unpaired) electrons. The Morgan fingerprint density at radius 3 is 2.78 bits per heavy atom. The number of rotatable bonds is 2. The van der Waals surface area contributed by atoms with Gasteiger partial charge in [0.2, 0.25) is 0 Å². The van der Waals surface area contributed by atoms with E-state index in [2.05, 4.69) is 4.99 Å². The molecule has 4 N–H and O–H groups in total. The minimum atomic E-state index is -4.37. The van der Waals surface area contributed by atoms with Crippen LogP contribution in [-0.2, 0) is 10.3 Å². The molecule has 1 aromatic rings. The van der Waals surface area contributed by atoms with Crippen LogP contribution in [-0.4, -0.2) is 29.8 Å². The first-order valence-corrected chi connectivity index (χ1v) is 7.92. The van der Waals surface area contributed by atoms with Crippen LogP contribution in [0.15, 0.2) is 23.2 Å². The Hall–Kier alpha value is -1.48. The second-order valence-electron chi connectivity index (χ2n) is 5.70. The Labute approximate surface area is 134 Å². The lowest BCUT2D eigenvalue weighted by molar-refractivity contribution is -0.158. The maximum Gasteiger partial charge on any atom is 0.391 e. The van der Waals surface area contributed by atoms with Gasteiger partial charge in [-0.2, -0.15) is 13.2 Å². The van der Waals surface area contributed by atoms with Crippen molar-refractivity contribution in [1.29, 1.82) is 0 Å². The fourth-order valence-corrected chi connectivity index (χ4v) is 4.24. The predicted molar refractivity (Wildman–Crippen MR) is 80.5 cm³/mol. The Bertz CT molecular complexity index is 651. The van der Waals surface area contributed by atoms with Crippen molar-refractivity contribution in [2.24, 2.45) is 16.6 Å². The van der Waals surface area contributed by atoms with Crippen molar-refractivity contribution < 1.29 is 22.3 Å². The molecule has 2 heterocycles. The van der Waals surface area contributed by atoms with Crippen LogP contribution in [0.5, 0.6) is 0 Å². The number of fused-ring (bicyclic) bond motifs is 1. The van der Waals surface area contributed by atoms with Crippen molar-refractivity contribution in [2.45, 2.75) is 24.2 Å². The van der Waals surface area contributed by atoms with Crippen LogP contribution in [0.1, 0.15) is 12.0 Å². The third-order valence-electron chi connectivity index (χ3n) is 4.19. The first kappa shape index (κ1) is 16.4. The number of ether oxygens (including phenoxy) is 1. The average Bonchev–Trinajstić information content (AvgIpc) is 2.78.